The van der Waals surface area contributed by atoms with Gasteiger partial charge in [0.25, 0.3) is 0 Å². The predicted octanol–water partition coefficient (Wildman–Crippen LogP) is 1.77. The number of imidazole rings is 1. The van der Waals surface area contributed by atoms with Crippen molar-refractivity contribution in [3.63, 3.8) is 0 Å². The van der Waals surface area contributed by atoms with Gasteiger partial charge in [0.05, 0.1) is 18.9 Å². The van der Waals surface area contributed by atoms with Gasteiger partial charge in [0.2, 0.25) is 11.7 Å². The van der Waals surface area contributed by atoms with Crippen LogP contribution in [0.2, 0.25) is 0 Å². The summed E-state index contributed by atoms with van der Waals surface area (Å²) in [7, 11) is 1.86. The zero-order valence-electron chi connectivity index (χ0n) is 10.3. The van der Waals surface area contributed by atoms with E-state index in [0.29, 0.717) is 18.1 Å². The van der Waals surface area contributed by atoms with Crippen molar-refractivity contribution in [3.8, 4) is 17.3 Å². The monoisotopic (exact) mass is 256 g/mol. The number of nitrogens with zero attached hydrogens (tertiary/aromatic N) is 4. The van der Waals surface area contributed by atoms with Crippen molar-refractivity contribution in [2.75, 3.05) is 0 Å². The molecule has 6 heteroatoms. The Morgan fingerprint density at radius 3 is 2.89 bits per heavy atom. The number of para-hydroxylation sites is 1. The summed E-state index contributed by atoms with van der Waals surface area (Å²) in [6.07, 6.45) is 3.75. The first-order valence-corrected chi connectivity index (χ1v) is 5.80. The molecule has 0 saturated carbocycles. The van der Waals surface area contributed by atoms with Crippen LogP contribution in [0.3, 0.4) is 0 Å². The lowest BCUT2D eigenvalue weighted by Gasteiger charge is -1.99. The predicted molar refractivity (Wildman–Crippen MR) is 67.4 cm³/mol. The maximum Gasteiger partial charge on any atom is 0.231 e. The van der Waals surface area contributed by atoms with Gasteiger partial charge in [-0.2, -0.15) is 4.98 Å². The van der Waals surface area contributed by atoms with Gasteiger partial charge in [0, 0.05) is 12.6 Å². The van der Waals surface area contributed by atoms with Crippen LogP contribution in [0.1, 0.15) is 11.5 Å². The summed E-state index contributed by atoms with van der Waals surface area (Å²) in [6.45, 7) is 0. The molecular formula is C13H12N4O2. The number of aromatic nitrogens is 4. The van der Waals surface area contributed by atoms with Crippen molar-refractivity contribution in [2.24, 2.45) is 7.05 Å². The third kappa shape index (κ3) is 2.20. The van der Waals surface area contributed by atoms with Gasteiger partial charge in [0.15, 0.2) is 0 Å². The molecule has 0 radical (unpaired) electrons. The highest BCUT2D eigenvalue weighted by atomic mass is 16.5. The van der Waals surface area contributed by atoms with E-state index in [4.69, 9.17) is 4.52 Å². The molecule has 0 aliphatic heterocycles. The Balaban J connectivity index is 1.87. The highest BCUT2D eigenvalue weighted by Crippen LogP contribution is 2.20. The number of hydrogen-bond acceptors (Lipinski definition) is 5. The quantitative estimate of drug-likeness (QED) is 0.772. The molecule has 6 nitrogen and oxygen atoms in total. The molecule has 0 aliphatic rings. The average molecular weight is 256 g/mol. The molecular weight excluding hydrogens is 244 g/mol. The summed E-state index contributed by atoms with van der Waals surface area (Å²) in [5.74, 6) is 1.17. The summed E-state index contributed by atoms with van der Waals surface area (Å²) in [4.78, 5) is 8.31. The molecule has 0 saturated heterocycles. The second kappa shape index (κ2) is 4.56. The third-order valence-corrected chi connectivity index (χ3v) is 2.85. The van der Waals surface area contributed by atoms with Crippen LogP contribution in [0.25, 0.3) is 11.5 Å². The number of aryl methyl sites for hydroxylation is 1. The number of aromatic hydroxyl groups is 1. The smallest absolute Gasteiger partial charge is 0.231 e. The minimum Gasteiger partial charge on any atom is -0.508 e. The molecule has 0 atom stereocenters. The molecule has 0 bridgehead atoms. The van der Waals surface area contributed by atoms with Crippen LogP contribution in [-0.2, 0) is 13.5 Å². The third-order valence-electron chi connectivity index (χ3n) is 2.85. The van der Waals surface area contributed by atoms with E-state index in [1.807, 2.05) is 23.7 Å². The van der Waals surface area contributed by atoms with Crippen LogP contribution < -0.4 is 0 Å². The van der Waals surface area contributed by atoms with Gasteiger partial charge in [-0.25, -0.2) is 4.98 Å². The average Bonchev–Trinajstić information content (AvgIpc) is 3.01. The van der Waals surface area contributed by atoms with Crippen LogP contribution in [0, 0.1) is 0 Å². The molecule has 0 amide bonds. The number of phenols is 1. The van der Waals surface area contributed by atoms with E-state index in [0.717, 1.165) is 11.3 Å². The minimum absolute atomic E-state index is 0.225. The van der Waals surface area contributed by atoms with Crippen LogP contribution in [0.5, 0.6) is 5.75 Å². The molecule has 2 heterocycles. The van der Waals surface area contributed by atoms with Crippen molar-refractivity contribution < 1.29 is 9.63 Å². The number of phenolic OH excluding ortho intramolecular Hbond substituents is 1. The van der Waals surface area contributed by atoms with E-state index >= 15 is 0 Å². The lowest BCUT2D eigenvalue weighted by Crippen LogP contribution is -1.92. The SMILES string of the molecule is Cn1cncc1-c1noc(Cc2ccccc2O)n1. The van der Waals surface area contributed by atoms with Crippen molar-refractivity contribution >= 4 is 0 Å². The van der Waals surface area contributed by atoms with Gasteiger partial charge >= 0.3 is 0 Å². The number of rotatable bonds is 3. The molecule has 1 N–H and O–H groups in total. The van der Waals surface area contributed by atoms with E-state index in [2.05, 4.69) is 15.1 Å². The van der Waals surface area contributed by atoms with Crippen molar-refractivity contribution in [3.05, 3.63) is 48.2 Å². The number of benzene rings is 1. The summed E-state index contributed by atoms with van der Waals surface area (Å²) in [5, 5.41) is 13.6. The summed E-state index contributed by atoms with van der Waals surface area (Å²) < 4.78 is 7.00. The standard InChI is InChI=1S/C13H12N4O2/c1-17-8-14-7-10(17)13-15-12(19-16-13)6-9-4-2-3-5-11(9)18/h2-5,7-8,18H,6H2,1H3. The molecule has 2 aromatic heterocycles. The van der Waals surface area contributed by atoms with Crippen LogP contribution in [-0.4, -0.2) is 24.8 Å². The fourth-order valence-corrected chi connectivity index (χ4v) is 1.83. The Kier molecular flexibility index (Phi) is 2.75. The van der Waals surface area contributed by atoms with Crippen molar-refractivity contribution in [1.82, 2.24) is 19.7 Å². The van der Waals surface area contributed by atoms with Crippen molar-refractivity contribution in [2.45, 2.75) is 6.42 Å². The summed E-state index contributed by atoms with van der Waals surface area (Å²) in [6, 6.07) is 7.08. The van der Waals surface area contributed by atoms with Crippen LogP contribution >= 0.6 is 0 Å². The Morgan fingerprint density at radius 2 is 2.16 bits per heavy atom. The van der Waals surface area contributed by atoms with E-state index < -0.39 is 0 Å². The molecule has 0 unspecified atom stereocenters. The van der Waals surface area contributed by atoms with Gasteiger partial charge in [-0.05, 0) is 6.07 Å². The molecule has 96 valence electrons. The molecule has 0 spiro atoms. The molecule has 0 fully saturated rings. The highest BCUT2D eigenvalue weighted by Gasteiger charge is 2.13. The Morgan fingerprint density at radius 1 is 1.32 bits per heavy atom. The van der Waals surface area contributed by atoms with Crippen LogP contribution in [0.15, 0.2) is 41.3 Å². The largest absolute Gasteiger partial charge is 0.508 e. The summed E-state index contributed by atoms with van der Waals surface area (Å²) in [5.41, 5.74) is 1.54. The normalized spacial score (nSPS) is 10.8. The Hall–Kier alpha value is -2.63. The van der Waals surface area contributed by atoms with Gasteiger partial charge in [-0.15, -0.1) is 0 Å². The van der Waals surface area contributed by atoms with Gasteiger partial charge in [0.1, 0.15) is 11.4 Å². The van der Waals surface area contributed by atoms with Crippen molar-refractivity contribution in [1.29, 1.82) is 0 Å². The molecule has 3 rings (SSSR count). The highest BCUT2D eigenvalue weighted by molar-refractivity contribution is 5.47. The van der Waals surface area contributed by atoms with Gasteiger partial charge in [-0.1, -0.05) is 23.4 Å². The zero-order valence-corrected chi connectivity index (χ0v) is 10.3. The first-order valence-electron chi connectivity index (χ1n) is 5.80. The second-order valence-corrected chi connectivity index (χ2v) is 4.21. The molecule has 19 heavy (non-hydrogen) atoms. The topological polar surface area (TPSA) is 77.0 Å². The maximum absolute atomic E-state index is 9.70. The Bertz CT molecular complexity index is 702. The molecule has 3 aromatic rings. The van der Waals surface area contributed by atoms with E-state index in [-0.39, 0.29) is 5.75 Å². The first-order chi connectivity index (χ1) is 9.24. The Labute approximate surface area is 109 Å². The first kappa shape index (κ1) is 11.5. The van der Waals surface area contributed by atoms with Gasteiger partial charge in [-0.3, -0.25) is 0 Å². The minimum atomic E-state index is 0.225. The van der Waals surface area contributed by atoms with Gasteiger partial charge < -0.3 is 14.2 Å². The summed E-state index contributed by atoms with van der Waals surface area (Å²) >= 11 is 0. The van der Waals surface area contributed by atoms with E-state index in [9.17, 15) is 5.11 Å². The lowest BCUT2D eigenvalue weighted by atomic mass is 10.1. The number of hydrogen-bond donors (Lipinski definition) is 1. The maximum atomic E-state index is 9.70. The second-order valence-electron chi connectivity index (χ2n) is 4.21. The van der Waals surface area contributed by atoms with E-state index in [1.54, 1.807) is 24.7 Å². The zero-order chi connectivity index (χ0) is 13.2. The fourth-order valence-electron chi connectivity index (χ4n) is 1.83. The van der Waals surface area contributed by atoms with E-state index in [1.165, 1.54) is 0 Å². The van der Waals surface area contributed by atoms with Crippen LogP contribution in [0.4, 0.5) is 0 Å². The molecule has 1 aromatic carbocycles. The fraction of sp³-hybridized carbons (Fsp3) is 0.154. The lowest BCUT2D eigenvalue weighted by molar-refractivity contribution is 0.383. The molecule has 0 aliphatic carbocycles.